The quantitative estimate of drug-likeness (QED) is 0.290. The second kappa shape index (κ2) is 10.4. The van der Waals surface area contributed by atoms with Crippen LogP contribution in [0.5, 0.6) is 0 Å². The molecule has 0 aliphatic rings. The van der Waals surface area contributed by atoms with Crippen LogP contribution in [0.4, 0.5) is 21.2 Å². The van der Waals surface area contributed by atoms with E-state index in [9.17, 15) is 14.7 Å². The summed E-state index contributed by atoms with van der Waals surface area (Å²) < 4.78 is 6.17. The third-order valence-corrected chi connectivity index (χ3v) is 6.26. The summed E-state index contributed by atoms with van der Waals surface area (Å²) in [7, 11) is 0. The third kappa shape index (κ3) is 5.64. The van der Waals surface area contributed by atoms with Crippen LogP contribution in [0.25, 0.3) is 11.3 Å². The molecule has 2 amide bonds. The van der Waals surface area contributed by atoms with E-state index in [4.69, 9.17) is 0 Å². The predicted octanol–water partition coefficient (Wildman–Crippen LogP) is 5.78. The van der Waals surface area contributed by atoms with E-state index in [1.54, 1.807) is 4.58 Å². The minimum absolute atomic E-state index is 0.105. The molecule has 0 aliphatic carbocycles. The van der Waals surface area contributed by atoms with Crippen LogP contribution < -0.4 is 10.6 Å². The maximum Gasteiger partial charge on any atom is 0.373 e. The van der Waals surface area contributed by atoms with E-state index < -0.39 is 12.0 Å². The fourth-order valence-corrected chi connectivity index (χ4v) is 4.58. The van der Waals surface area contributed by atoms with Gasteiger partial charge in [0, 0.05) is 34.4 Å². The Balaban J connectivity index is 1.76. The van der Waals surface area contributed by atoms with Crippen LogP contribution in [0.15, 0.2) is 48.5 Å². The first kappa shape index (κ1) is 24.1. The number of benzene rings is 2. The molecule has 0 bridgehead atoms. The zero-order chi connectivity index (χ0) is 24.1. The van der Waals surface area contributed by atoms with Crippen molar-refractivity contribution >= 4 is 46.6 Å². The monoisotopic (exact) mass is 465 g/mol. The summed E-state index contributed by atoms with van der Waals surface area (Å²) >= 11 is 1.25. The van der Waals surface area contributed by atoms with Gasteiger partial charge in [-0.1, -0.05) is 50.6 Å². The van der Waals surface area contributed by atoms with Gasteiger partial charge < -0.3 is 15.7 Å². The number of carbonyl (C=O) groups excluding carboxylic acids is 1. The number of nitrogens with one attached hydrogen (secondary N) is 2. The Morgan fingerprint density at radius 2 is 1.61 bits per heavy atom. The molecule has 0 radical (unpaired) electrons. The molecular formula is C25H29N4O3S+. The third-order valence-electron chi connectivity index (χ3n) is 5.33. The lowest BCUT2D eigenvalue weighted by molar-refractivity contribution is -0.469. The van der Waals surface area contributed by atoms with Crippen molar-refractivity contribution in [2.75, 3.05) is 10.6 Å². The minimum Gasteiger partial charge on any atom is -0.476 e. The number of aryl methyl sites for hydroxylation is 1. The number of urea groups is 1. The standard InChI is InChI=1S/C25H28N4O3S/c1-6-20-21(28-33-23(20)29(5)22(15(2)3)24(30)31)17-9-13-19(14-10-17)27-25(32)26-18-11-7-16(4)8-12-18/h7-15,22H,5-6H2,1-4H3,(H2-,26,27,28,30,31,32)/p+1. The van der Waals surface area contributed by atoms with E-state index >= 15 is 0 Å². The average molecular weight is 466 g/mol. The molecule has 8 heteroatoms. The number of carboxylic acids is 1. The smallest absolute Gasteiger partial charge is 0.373 e. The molecule has 0 aliphatic heterocycles. The van der Waals surface area contributed by atoms with E-state index in [-0.39, 0.29) is 11.9 Å². The number of aliphatic carboxylic acids is 1. The highest BCUT2D eigenvalue weighted by atomic mass is 32.1. The molecular weight excluding hydrogens is 436 g/mol. The number of hydrogen-bond acceptors (Lipinski definition) is 4. The van der Waals surface area contributed by atoms with Crippen LogP contribution in [0.2, 0.25) is 0 Å². The Morgan fingerprint density at radius 1 is 1.06 bits per heavy atom. The fourth-order valence-electron chi connectivity index (χ4n) is 3.62. The molecule has 1 aromatic heterocycles. The Hall–Kier alpha value is -3.52. The van der Waals surface area contributed by atoms with Crippen LogP contribution in [-0.4, -0.2) is 38.8 Å². The van der Waals surface area contributed by atoms with Crippen molar-refractivity contribution in [1.82, 2.24) is 4.37 Å². The molecule has 0 spiro atoms. The topological polar surface area (TPSA) is 94.3 Å². The molecule has 3 rings (SSSR count). The summed E-state index contributed by atoms with van der Waals surface area (Å²) in [5, 5.41) is 16.0. The van der Waals surface area contributed by atoms with E-state index in [0.29, 0.717) is 12.1 Å². The summed E-state index contributed by atoms with van der Waals surface area (Å²) in [4.78, 5) is 24.0. The lowest BCUT2D eigenvalue weighted by atomic mass is 10.0. The summed E-state index contributed by atoms with van der Waals surface area (Å²) in [5.41, 5.74) is 5.15. The van der Waals surface area contributed by atoms with Crippen molar-refractivity contribution in [3.05, 3.63) is 59.7 Å². The van der Waals surface area contributed by atoms with Gasteiger partial charge in [0.25, 0.3) is 11.0 Å². The molecule has 1 atom stereocenters. The summed E-state index contributed by atoms with van der Waals surface area (Å²) in [6.45, 7) is 11.8. The number of nitrogens with zero attached hydrogens (tertiary/aromatic N) is 2. The van der Waals surface area contributed by atoms with Gasteiger partial charge in [0.2, 0.25) is 0 Å². The highest BCUT2D eigenvalue weighted by Crippen LogP contribution is 2.36. The molecule has 0 saturated heterocycles. The van der Waals surface area contributed by atoms with E-state index in [1.807, 2.05) is 76.2 Å². The van der Waals surface area contributed by atoms with E-state index in [2.05, 4.69) is 21.7 Å². The van der Waals surface area contributed by atoms with Crippen molar-refractivity contribution in [3.63, 3.8) is 0 Å². The van der Waals surface area contributed by atoms with Crippen molar-refractivity contribution in [3.8, 4) is 11.3 Å². The summed E-state index contributed by atoms with van der Waals surface area (Å²) in [6.07, 6.45) is 0.691. The van der Waals surface area contributed by atoms with Gasteiger partial charge in [0.15, 0.2) is 0 Å². The van der Waals surface area contributed by atoms with Crippen molar-refractivity contribution < 1.29 is 19.3 Å². The predicted molar refractivity (Wildman–Crippen MR) is 134 cm³/mol. The lowest BCUT2D eigenvalue weighted by Gasteiger charge is -2.13. The number of hydrogen-bond donors (Lipinski definition) is 3. The van der Waals surface area contributed by atoms with Gasteiger partial charge in [-0.2, -0.15) is 8.95 Å². The van der Waals surface area contributed by atoms with Gasteiger partial charge in [0.05, 0.1) is 11.3 Å². The van der Waals surface area contributed by atoms with Crippen LogP contribution in [0, 0.1) is 12.8 Å². The first-order chi connectivity index (χ1) is 15.7. The second-order valence-corrected chi connectivity index (χ2v) is 8.94. The highest BCUT2D eigenvalue weighted by molar-refractivity contribution is 7.09. The molecule has 1 heterocycles. The van der Waals surface area contributed by atoms with Crippen LogP contribution in [0.1, 0.15) is 31.9 Å². The normalized spacial score (nSPS) is 11.8. The number of rotatable bonds is 8. The van der Waals surface area contributed by atoms with Gasteiger partial charge in [-0.25, -0.2) is 9.59 Å². The van der Waals surface area contributed by atoms with Crippen LogP contribution >= 0.6 is 11.5 Å². The molecule has 33 heavy (non-hydrogen) atoms. The Morgan fingerprint density at radius 3 is 2.09 bits per heavy atom. The Labute approximate surface area is 198 Å². The number of anilines is 2. The number of aromatic nitrogens is 1. The van der Waals surface area contributed by atoms with Crippen molar-refractivity contribution in [2.24, 2.45) is 5.92 Å². The maximum atomic E-state index is 12.3. The van der Waals surface area contributed by atoms with Crippen LogP contribution in [-0.2, 0) is 11.2 Å². The maximum absolute atomic E-state index is 12.3. The summed E-state index contributed by atoms with van der Waals surface area (Å²) in [5.74, 6) is -1.01. The summed E-state index contributed by atoms with van der Waals surface area (Å²) in [6, 6.07) is 13.9. The molecule has 2 aromatic carbocycles. The first-order valence-electron chi connectivity index (χ1n) is 10.8. The highest BCUT2D eigenvalue weighted by Gasteiger charge is 2.35. The largest absolute Gasteiger partial charge is 0.476 e. The molecule has 7 nitrogen and oxygen atoms in total. The zero-order valence-electron chi connectivity index (χ0n) is 19.3. The lowest BCUT2D eigenvalue weighted by Crippen LogP contribution is -2.35. The second-order valence-electron chi connectivity index (χ2n) is 8.19. The molecule has 0 saturated carbocycles. The average Bonchev–Trinajstić information content (AvgIpc) is 3.19. The van der Waals surface area contributed by atoms with Gasteiger partial charge in [-0.15, -0.1) is 0 Å². The van der Waals surface area contributed by atoms with E-state index in [1.165, 1.54) is 11.5 Å². The zero-order valence-corrected chi connectivity index (χ0v) is 20.1. The van der Waals surface area contributed by atoms with Gasteiger partial charge in [0.1, 0.15) is 6.72 Å². The van der Waals surface area contributed by atoms with Crippen molar-refractivity contribution in [2.45, 2.75) is 40.2 Å². The fraction of sp³-hybridized carbons (Fsp3) is 0.280. The first-order valence-corrected chi connectivity index (χ1v) is 11.5. The van der Waals surface area contributed by atoms with E-state index in [0.717, 1.165) is 33.1 Å². The van der Waals surface area contributed by atoms with Crippen molar-refractivity contribution in [1.29, 1.82) is 0 Å². The van der Waals surface area contributed by atoms with Gasteiger partial charge in [-0.05, 0) is 37.6 Å². The van der Waals surface area contributed by atoms with Gasteiger partial charge >= 0.3 is 12.0 Å². The molecule has 0 fully saturated rings. The molecule has 172 valence electrons. The molecule has 3 N–H and O–H groups in total. The number of carboxylic acid groups (broad SMARTS) is 1. The molecule has 1 unspecified atom stereocenters. The van der Waals surface area contributed by atoms with Gasteiger partial charge in [-0.3, -0.25) is 0 Å². The Bertz CT molecular complexity index is 1150. The minimum atomic E-state index is -0.906. The Kier molecular flexibility index (Phi) is 7.60. The van der Waals surface area contributed by atoms with Crippen LogP contribution in [0.3, 0.4) is 0 Å². The molecule has 3 aromatic rings. The number of amides is 2. The number of carbonyl (C=O) groups is 2. The SMILES string of the molecule is C=[N+](c1snc(-c2ccc(NC(=O)Nc3ccc(C)cc3)cc2)c1CC)C(C(=O)O)C(C)C.